The van der Waals surface area contributed by atoms with Crippen LogP contribution in [0.1, 0.15) is 22.4 Å². The van der Waals surface area contributed by atoms with E-state index >= 15 is 0 Å². The Balaban J connectivity index is 1.88. The number of allylic oxidation sites excluding steroid dienone is 1. The van der Waals surface area contributed by atoms with Crippen molar-refractivity contribution in [3.05, 3.63) is 107 Å². The standard InChI is InChI=1S/C25H19FN2/c1-18-24(15-21(16-27)20-10-7-11-22(26)14-20)23-12-5-6-13-25(23)28(18)17-19-8-3-2-4-9-19/h2-15H,17H2,1H3/b21-15-. The van der Waals surface area contributed by atoms with E-state index in [-0.39, 0.29) is 5.82 Å². The minimum absolute atomic E-state index is 0.345. The maximum atomic E-state index is 13.6. The molecule has 4 rings (SSSR count). The molecule has 28 heavy (non-hydrogen) atoms. The molecule has 0 N–H and O–H groups in total. The highest BCUT2D eigenvalue weighted by Crippen LogP contribution is 2.30. The smallest absolute Gasteiger partial charge is 0.123 e. The summed E-state index contributed by atoms with van der Waals surface area (Å²) in [7, 11) is 0. The molecule has 0 unspecified atom stereocenters. The largest absolute Gasteiger partial charge is 0.340 e. The van der Waals surface area contributed by atoms with Gasteiger partial charge in [0.15, 0.2) is 0 Å². The number of halogens is 1. The SMILES string of the molecule is Cc1c(/C=C(/C#N)c2cccc(F)c2)c2ccccc2n1Cc1ccccc1. The summed E-state index contributed by atoms with van der Waals surface area (Å²) in [4.78, 5) is 0. The minimum Gasteiger partial charge on any atom is -0.340 e. The van der Waals surface area contributed by atoms with E-state index in [1.165, 1.54) is 17.7 Å². The molecule has 4 aromatic rings. The van der Waals surface area contributed by atoms with Gasteiger partial charge in [-0.1, -0.05) is 60.7 Å². The predicted molar refractivity (Wildman–Crippen MR) is 112 cm³/mol. The molecule has 0 spiro atoms. The van der Waals surface area contributed by atoms with E-state index in [4.69, 9.17) is 0 Å². The van der Waals surface area contributed by atoms with Crippen molar-refractivity contribution in [2.45, 2.75) is 13.5 Å². The van der Waals surface area contributed by atoms with Gasteiger partial charge in [0.2, 0.25) is 0 Å². The third kappa shape index (κ3) is 3.33. The van der Waals surface area contributed by atoms with Gasteiger partial charge >= 0.3 is 0 Å². The number of hydrogen-bond acceptors (Lipinski definition) is 1. The molecule has 0 radical (unpaired) electrons. The molecule has 136 valence electrons. The van der Waals surface area contributed by atoms with E-state index in [1.54, 1.807) is 12.1 Å². The lowest BCUT2D eigenvalue weighted by atomic mass is 10.0. The fourth-order valence-corrected chi connectivity index (χ4v) is 3.59. The summed E-state index contributed by atoms with van der Waals surface area (Å²) in [5.41, 5.74) is 5.44. The Hall–Kier alpha value is -3.64. The minimum atomic E-state index is -0.345. The predicted octanol–water partition coefficient (Wildman–Crippen LogP) is 6.20. The fraction of sp³-hybridized carbons (Fsp3) is 0.0800. The number of rotatable bonds is 4. The summed E-state index contributed by atoms with van der Waals surface area (Å²) in [6.07, 6.45) is 1.87. The number of nitrogens with zero attached hydrogens (tertiary/aromatic N) is 2. The van der Waals surface area contributed by atoms with Crippen LogP contribution in [-0.4, -0.2) is 4.57 Å². The number of hydrogen-bond donors (Lipinski definition) is 0. The topological polar surface area (TPSA) is 28.7 Å². The highest BCUT2D eigenvalue weighted by atomic mass is 19.1. The Morgan fingerprint density at radius 1 is 1.00 bits per heavy atom. The summed E-state index contributed by atoms with van der Waals surface area (Å²) in [6, 6.07) is 26.9. The van der Waals surface area contributed by atoms with Crippen LogP contribution < -0.4 is 0 Å². The first-order valence-electron chi connectivity index (χ1n) is 9.17. The molecular formula is C25H19FN2. The number of fused-ring (bicyclic) bond motifs is 1. The second-order valence-corrected chi connectivity index (χ2v) is 6.77. The molecule has 1 aromatic heterocycles. The molecule has 0 fully saturated rings. The van der Waals surface area contributed by atoms with Crippen molar-refractivity contribution in [1.82, 2.24) is 4.57 Å². The molecule has 0 bridgehead atoms. The van der Waals surface area contributed by atoms with Gasteiger partial charge in [0.25, 0.3) is 0 Å². The quantitative estimate of drug-likeness (QED) is 0.395. The van der Waals surface area contributed by atoms with Gasteiger partial charge in [-0.3, -0.25) is 0 Å². The molecule has 3 heteroatoms. The van der Waals surface area contributed by atoms with E-state index in [1.807, 2.05) is 36.4 Å². The Kier molecular flexibility index (Phi) is 4.78. The number of para-hydroxylation sites is 1. The van der Waals surface area contributed by atoms with E-state index in [0.29, 0.717) is 11.1 Å². The maximum absolute atomic E-state index is 13.6. The Bertz CT molecular complexity index is 1210. The van der Waals surface area contributed by atoms with Crippen LogP contribution in [0.4, 0.5) is 4.39 Å². The summed E-state index contributed by atoms with van der Waals surface area (Å²) >= 11 is 0. The van der Waals surface area contributed by atoms with E-state index in [0.717, 1.165) is 28.7 Å². The van der Waals surface area contributed by atoms with Crippen LogP contribution in [0.2, 0.25) is 0 Å². The van der Waals surface area contributed by atoms with Crippen LogP contribution in [0.5, 0.6) is 0 Å². The summed E-state index contributed by atoms with van der Waals surface area (Å²) < 4.78 is 15.9. The van der Waals surface area contributed by atoms with Crippen LogP contribution in [0.3, 0.4) is 0 Å². The third-order valence-electron chi connectivity index (χ3n) is 5.01. The molecule has 0 aliphatic rings. The zero-order chi connectivity index (χ0) is 19.5. The third-order valence-corrected chi connectivity index (χ3v) is 5.01. The van der Waals surface area contributed by atoms with Crippen molar-refractivity contribution >= 4 is 22.6 Å². The molecule has 0 atom stereocenters. The van der Waals surface area contributed by atoms with Crippen molar-refractivity contribution in [1.29, 1.82) is 5.26 Å². The van der Waals surface area contributed by atoms with Crippen molar-refractivity contribution in [3.8, 4) is 6.07 Å². The van der Waals surface area contributed by atoms with Gasteiger partial charge in [0.1, 0.15) is 5.82 Å². The van der Waals surface area contributed by atoms with E-state index < -0.39 is 0 Å². The number of nitriles is 1. The van der Waals surface area contributed by atoms with E-state index in [9.17, 15) is 9.65 Å². The maximum Gasteiger partial charge on any atom is 0.123 e. The van der Waals surface area contributed by atoms with Gasteiger partial charge in [0.05, 0.1) is 11.6 Å². The lowest BCUT2D eigenvalue weighted by molar-refractivity contribution is 0.627. The molecular weight excluding hydrogens is 347 g/mol. The first kappa shape index (κ1) is 17.8. The molecule has 2 nitrogen and oxygen atoms in total. The molecule has 0 aliphatic carbocycles. The van der Waals surface area contributed by atoms with Crippen LogP contribution in [-0.2, 0) is 6.54 Å². The monoisotopic (exact) mass is 366 g/mol. The fourth-order valence-electron chi connectivity index (χ4n) is 3.59. The molecule has 0 saturated carbocycles. The number of benzene rings is 3. The van der Waals surface area contributed by atoms with Crippen LogP contribution in [0.25, 0.3) is 22.6 Å². The summed E-state index contributed by atoms with van der Waals surface area (Å²) in [6.45, 7) is 2.82. The number of aromatic nitrogens is 1. The highest BCUT2D eigenvalue weighted by molar-refractivity contribution is 5.99. The van der Waals surface area contributed by atoms with Crippen LogP contribution >= 0.6 is 0 Å². The first-order chi connectivity index (χ1) is 13.7. The van der Waals surface area contributed by atoms with E-state index in [2.05, 4.69) is 41.8 Å². The first-order valence-corrected chi connectivity index (χ1v) is 9.17. The van der Waals surface area contributed by atoms with Gasteiger partial charge in [-0.15, -0.1) is 0 Å². The average molecular weight is 366 g/mol. The second-order valence-electron chi connectivity index (χ2n) is 6.77. The molecule has 0 aliphatic heterocycles. The van der Waals surface area contributed by atoms with Crippen LogP contribution in [0.15, 0.2) is 78.9 Å². The highest BCUT2D eigenvalue weighted by Gasteiger charge is 2.14. The zero-order valence-corrected chi connectivity index (χ0v) is 15.6. The summed E-state index contributed by atoms with van der Waals surface area (Å²) in [5.74, 6) is -0.345. The Labute approximate surface area is 163 Å². The Morgan fingerprint density at radius 2 is 1.75 bits per heavy atom. The van der Waals surface area contributed by atoms with Crippen molar-refractivity contribution in [2.24, 2.45) is 0 Å². The van der Waals surface area contributed by atoms with Crippen LogP contribution in [0, 0.1) is 24.1 Å². The normalized spacial score (nSPS) is 11.5. The lowest BCUT2D eigenvalue weighted by Gasteiger charge is -2.08. The van der Waals surface area contributed by atoms with Crippen molar-refractivity contribution < 1.29 is 4.39 Å². The van der Waals surface area contributed by atoms with Gasteiger partial charge in [-0.05, 0) is 42.3 Å². The molecule has 0 saturated heterocycles. The molecule has 3 aromatic carbocycles. The second kappa shape index (κ2) is 7.54. The Morgan fingerprint density at radius 3 is 2.50 bits per heavy atom. The van der Waals surface area contributed by atoms with Gasteiger partial charge < -0.3 is 4.57 Å². The summed E-state index contributed by atoms with van der Waals surface area (Å²) in [5, 5.41) is 10.8. The van der Waals surface area contributed by atoms with Crippen molar-refractivity contribution in [2.75, 3.05) is 0 Å². The van der Waals surface area contributed by atoms with Gasteiger partial charge in [-0.2, -0.15) is 5.26 Å². The van der Waals surface area contributed by atoms with Crippen molar-refractivity contribution in [3.63, 3.8) is 0 Å². The molecule has 0 amide bonds. The zero-order valence-electron chi connectivity index (χ0n) is 15.6. The average Bonchev–Trinajstić information content (AvgIpc) is 2.98. The molecule has 1 heterocycles. The van der Waals surface area contributed by atoms with Gasteiger partial charge in [0, 0.05) is 28.7 Å². The van der Waals surface area contributed by atoms with Gasteiger partial charge in [-0.25, -0.2) is 4.39 Å². The lowest BCUT2D eigenvalue weighted by Crippen LogP contribution is -2.01.